The van der Waals surface area contributed by atoms with Crippen molar-refractivity contribution in [1.29, 1.82) is 0 Å². The van der Waals surface area contributed by atoms with Gasteiger partial charge in [0.2, 0.25) is 0 Å². The van der Waals surface area contributed by atoms with Gasteiger partial charge in [-0.15, -0.1) is 0 Å². The van der Waals surface area contributed by atoms with Crippen LogP contribution in [0.5, 0.6) is 5.75 Å². The summed E-state index contributed by atoms with van der Waals surface area (Å²) in [7, 11) is -3.57. The first-order valence-corrected chi connectivity index (χ1v) is 10.6. The zero-order chi connectivity index (χ0) is 20.4. The van der Waals surface area contributed by atoms with E-state index >= 15 is 0 Å². The molecule has 0 amide bonds. The standard InChI is InChI=1S/C21H19N3O4S/c1-14-10-15(19-4-2-3-5-20(19)23-14)12-28-17-6-8-18(9-7-17)29(26,27)13-16-11-22-21(25)24-16/h2-11H,12-13H2,1H3,(H2,22,24,25). The maximum Gasteiger partial charge on any atom is 0.323 e. The summed E-state index contributed by atoms with van der Waals surface area (Å²) >= 11 is 0. The molecule has 0 radical (unpaired) electrons. The summed E-state index contributed by atoms with van der Waals surface area (Å²) in [5.74, 6) is 0.284. The third-order valence-corrected chi connectivity index (χ3v) is 6.19. The molecule has 2 heterocycles. The number of H-pyrrole nitrogens is 2. The van der Waals surface area contributed by atoms with Crippen LogP contribution >= 0.6 is 0 Å². The summed E-state index contributed by atoms with van der Waals surface area (Å²) in [6.07, 6.45) is 1.36. The molecular formula is C21H19N3O4S. The molecule has 2 aromatic carbocycles. The molecule has 0 atom stereocenters. The maximum atomic E-state index is 12.5. The Labute approximate surface area is 167 Å². The second-order valence-corrected chi connectivity index (χ2v) is 8.72. The second-order valence-electron chi connectivity index (χ2n) is 6.73. The van der Waals surface area contributed by atoms with Crippen LogP contribution in [-0.4, -0.2) is 23.4 Å². The highest BCUT2D eigenvalue weighted by Gasteiger charge is 2.16. The molecule has 0 fully saturated rings. The lowest BCUT2D eigenvalue weighted by Gasteiger charge is -2.11. The minimum absolute atomic E-state index is 0.164. The van der Waals surface area contributed by atoms with Crippen molar-refractivity contribution in [3.05, 3.63) is 88.2 Å². The molecule has 4 aromatic rings. The van der Waals surface area contributed by atoms with Crippen LogP contribution in [0.2, 0.25) is 0 Å². The van der Waals surface area contributed by atoms with Crippen LogP contribution < -0.4 is 10.4 Å². The quantitative estimate of drug-likeness (QED) is 0.509. The molecule has 0 saturated carbocycles. The van der Waals surface area contributed by atoms with Crippen LogP contribution in [-0.2, 0) is 22.2 Å². The number of fused-ring (bicyclic) bond motifs is 1. The van der Waals surface area contributed by atoms with Gasteiger partial charge in [0, 0.05) is 22.8 Å². The highest BCUT2D eigenvalue weighted by atomic mass is 32.2. The third kappa shape index (κ3) is 4.22. The van der Waals surface area contributed by atoms with Crippen molar-refractivity contribution in [2.75, 3.05) is 0 Å². The van der Waals surface area contributed by atoms with Gasteiger partial charge in [0.15, 0.2) is 9.84 Å². The van der Waals surface area contributed by atoms with Crippen molar-refractivity contribution in [2.24, 2.45) is 0 Å². The highest BCUT2D eigenvalue weighted by Crippen LogP contribution is 2.22. The molecule has 0 spiro atoms. The number of hydrogen-bond acceptors (Lipinski definition) is 5. The molecule has 7 nitrogen and oxygen atoms in total. The van der Waals surface area contributed by atoms with Crippen molar-refractivity contribution in [2.45, 2.75) is 24.2 Å². The monoisotopic (exact) mass is 409 g/mol. The number of aryl methyl sites for hydroxylation is 1. The van der Waals surface area contributed by atoms with E-state index in [-0.39, 0.29) is 10.6 Å². The van der Waals surface area contributed by atoms with E-state index in [0.29, 0.717) is 18.1 Å². The lowest BCUT2D eigenvalue weighted by Crippen LogP contribution is -2.07. The Hall–Kier alpha value is -3.39. The summed E-state index contributed by atoms with van der Waals surface area (Å²) in [5, 5.41) is 1.03. The number of aromatic nitrogens is 3. The van der Waals surface area contributed by atoms with Crippen molar-refractivity contribution < 1.29 is 13.2 Å². The smallest absolute Gasteiger partial charge is 0.323 e. The predicted octanol–water partition coefficient (Wildman–Crippen LogP) is 3.11. The van der Waals surface area contributed by atoms with Crippen LogP contribution in [0.3, 0.4) is 0 Å². The van der Waals surface area contributed by atoms with E-state index < -0.39 is 15.5 Å². The maximum absolute atomic E-state index is 12.5. The molecule has 0 unspecified atom stereocenters. The third-order valence-electron chi connectivity index (χ3n) is 4.50. The first-order valence-electron chi connectivity index (χ1n) is 8.98. The number of hydrogen-bond donors (Lipinski definition) is 2. The lowest BCUT2D eigenvalue weighted by atomic mass is 10.1. The molecule has 2 aromatic heterocycles. The molecule has 148 valence electrons. The number of nitrogens with one attached hydrogen (secondary N) is 2. The molecule has 0 bridgehead atoms. The Bertz CT molecular complexity index is 1320. The average Bonchev–Trinajstić information content (AvgIpc) is 3.10. The van der Waals surface area contributed by atoms with Crippen LogP contribution in [0.1, 0.15) is 17.0 Å². The van der Waals surface area contributed by atoms with E-state index in [9.17, 15) is 13.2 Å². The zero-order valence-corrected chi connectivity index (χ0v) is 16.5. The van der Waals surface area contributed by atoms with Crippen LogP contribution in [0, 0.1) is 6.92 Å². The molecule has 0 aliphatic rings. The Morgan fingerprint density at radius 3 is 2.55 bits per heavy atom. The molecule has 0 aliphatic carbocycles. The first-order chi connectivity index (χ1) is 13.9. The molecule has 0 saturated heterocycles. The van der Waals surface area contributed by atoms with Gasteiger partial charge in [0.1, 0.15) is 12.4 Å². The number of imidazole rings is 1. The molecule has 0 aliphatic heterocycles. The fraction of sp³-hybridized carbons (Fsp3) is 0.143. The van der Waals surface area contributed by atoms with Crippen LogP contribution in [0.4, 0.5) is 0 Å². The largest absolute Gasteiger partial charge is 0.489 e. The lowest BCUT2D eigenvalue weighted by molar-refractivity contribution is 0.307. The topological polar surface area (TPSA) is 105 Å². The summed E-state index contributed by atoms with van der Waals surface area (Å²) in [6, 6.07) is 16.1. The number of benzene rings is 2. The van der Waals surface area contributed by atoms with E-state index in [1.54, 1.807) is 12.1 Å². The van der Waals surface area contributed by atoms with Crippen molar-refractivity contribution in [1.82, 2.24) is 15.0 Å². The number of sulfone groups is 1. The van der Waals surface area contributed by atoms with Gasteiger partial charge in [-0.1, -0.05) is 18.2 Å². The SMILES string of the molecule is Cc1cc(COc2ccc(S(=O)(=O)Cc3c[nH]c(=O)[nH]3)cc2)c2ccccc2n1. The molecular weight excluding hydrogens is 390 g/mol. The fourth-order valence-electron chi connectivity index (χ4n) is 3.16. The van der Waals surface area contributed by atoms with Gasteiger partial charge >= 0.3 is 5.69 Å². The van der Waals surface area contributed by atoms with E-state index in [2.05, 4.69) is 15.0 Å². The van der Waals surface area contributed by atoms with Gasteiger partial charge in [-0.25, -0.2) is 13.2 Å². The van der Waals surface area contributed by atoms with Gasteiger partial charge < -0.3 is 14.7 Å². The Balaban J connectivity index is 1.50. The average molecular weight is 409 g/mol. The van der Waals surface area contributed by atoms with Crippen molar-refractivity contribution in [3.63, 3.8) is 0 Å². The minimum Gasteiger partial charge on any atom is -0.489 e. The summed E-state index contributed by atoms with van der Waals surface area (Å²) in [5.41, 5.74) is 2.72. The molecule has 29 heavy (non-hydrogen) atoms. The van der Waals surface area contributed by atoms with Crippen molar-refractivity contribution in [3.8, 4) is 5.75 Å². The molecule has 2 N–H and O–H groups in total. The first kappa shape index (κ1) is 18.9. The highest BCUT2D eigenvalue weighted by molar-refractivity contribution is 7.90. The van der Waals surface area contributed by atoms with Gasteiger partial charge in [-0.3, -0.25) is 4.98 Å². The number of nitrogens with zero attached hydrogens (tertiary/aromatic N) is 1. The van der Waals surface area contributed by atoms with Crippen LogP contribution in [0.15, 0.2) is 70.5 Å². The summed E-state index contributed by atoms with van der Waals surface area (Å²) in [4.78, 5) is 20.7. The minimum atomic E-state index is -3.57. The van der Waals surface area contributed by atoms with E-state index in [4.69, 9.17) is 4.74 Å². The Kier molecular flexibility index (Phi) is 4.94. The molecule has 8 heteroatoms. The number of ether oxygens (including phenoxy) is 1. The van der Waals surface area contributed by atoms with E-state index in [1.165, 1.54) is 18.3 Å². The molecule has 4 rings (SSSR count). The number of pyridine rings is 1. The number of para-hydroxylation sites is 1. The second kappa shape index (κ2) is 7.56. The van der Waals surface area contributed by atoms with Gasteiger partial charge in [-0.05, 0) is 43.3 Å². The Morgan fingerprint density at radius 2 is 1.83 bits per heavy atom. The summed E-state index contributed by atoms with van der Waals surface area (Å²) < 4.78 is 30.9. The number of rotatable bonds is 6. The van der Waals surface area contributed by atoms with Crippen molar-refractivity contribution >= 4 is 20.7 Å². The zero-order valence-electron chi connectivity index (χ0n) is 15.7. The predicted molar refractivity (Wildman–Crippen MR) is 110 cm³/mol. The number of aromatic amines is 2. The van der Waals surface area contributed by atoms with Gasteiger partial charge in [-0.2, -0.15) is 0 Å². The Morgan fingerprint density at radius 1 is 1.07 bits per heavy atom. The van der Waals surface area contributed by atoms with Crippen LogP contribution in [0.25, 0.3) is 10.9 Å². The van der Waals surface area contributed by atoms with Gasteiger partial charge in [0.05, 0.1) is 21.9 Å². The summed E-state index contributed by atoms with van der Waals surface area (Å²) in [6.45, 7) is 2.29. The normalized spacial score (nSPS) is 11.6. The van der Waals surface area contributed by atoms with Gasteiger partial charge in [0.25, 0.3) is 0 Å². The fourth-order valence-corrected chi connectivity index (χ4v) is 4.44. The van der Waals surface area contributed by atoms with E-state index in [1.807, 2.05) is 37.3 Å². The van der Waals surface area contributed by atoms with E-state index in [0.717, 1.165) is 22.2 Å².